The van der Waals surface area contributed by atoms with Crippen LogP contribution in [0.5, 0.6) is 11.5 Å². The van der Waals surface area contributed by atoms with Gasteiger partial charge in [0, 0.05) is 50.1 Å². The van der Waals surface area contributed by atoms with Crippen molar-refractivity contribution in [3.63, 3.8) is 0 Å². The molecule has 1 aliphatic carbocycles. The van der Waals surface area contributed by atoms with E-state index in [-0.39, 0.29) is 54.8 Å². The standard InChI is InChI=1S/C37H55N5O7/c1-25-22-42(26(2)24-43)35(44)32-21-30(39-36(45)38-29-14-17-31(47-5)18-15-29)16-19-33(32)49-27(3)11-9-10-20-48-34(25)23-41(4)37(46)40-28-12-7-6-8-13-28/h14-19,21,25-28,34,43H,6-13,20,22-24H2,1-5H3,(H,40,46)(H2,38,39,45)/t25-,26+,27+,34-/m1/s1. The first kappa shape index (κ1) is 37.8. The summed E-state index contributed by atoms with van der Waals surface area (Å²) in [6, 6.07) is 11.1. The number of aliphatic hydroxyl groups is 1. The number of ether oxygens (including phenoxy) is 3. The van der Waals surface area contributed by atoms with Crippen LogP contribution in [0.4, 0.5) is 21.0 Å². The molecule has 0 saturated heterocycles. The van der Waals surface area contributed by atoms with E-state index < -0.39 is 12.1 Å². The predicted molar refractivity (Wildman–Crippen MR) is 191 cm³/mol. The maximum Gasteiger partial charge on any atom is 0.323 e. The van der Waals surface area contributed by atoms with E-state index >= 15 is 0 Å². The number of rotatable bonds is 8. The molecule has 4 N–H and O–H groups in total. The third-order valence-corrected chi connectivity index (χ3v) is 9.39. The predicted octanol–water partition coefficient (Wildman–Crippen LogP) is 6.11. The molecule has 0 aromatic heterocycles. The molecule has 12 heteroatoms. The summed E-state index contributed by atoms with van der Waals surface area (Å²) < 4.78 is 17.9. The summed E-state index contributed by atoms with van der Waals surface area (Å²) in [6.45, 7) is 6.68. The topological polar surface area (TPSA) is 142 Å². The second-order valence-corrected chi connectivity index (χ2v) is 13.5. The molecule has 1 aliphatic heterocycles. The lowest BCUT2D eigenvalue weighted by Crippen LogP contribution is -2.50. The van der Waals surface area contributed by atoms with Crippen LogP contribution in [0.25, 0.3) is 0 Å². The van der Waals surface area contributed by atoms with Gasteiger partial charge in [-0.2, -0.15) is 0 Å². The molecule has 2 aromatic rings. The number of nitrogens with one attached hydrogen (secondary N) is 3. The van der Waals surface area contributed by atoms with E-state index in [1.807, 2.05) is 13.8 Å². The van der Waals surface area contributed by atoms with E-state index in [1.165, 1.54) is 6.42 Å². The normalized spacial score (nSPS) is 21.7. The minimum atomic E-state index is -0.518. The zero-order chi connectivity index (χ0) is 35.3. The number of hydrogen-bond donors (Lipinski definition) is 4. The van der Waals surface area contributed by atoms with Crippen LogP contribution in [-0.4, -0.2) is 97.6 Å². The largest absolute Gasteiger partial charge is 0.497 e. The maximum atomic E-state index is 14.4. The van der Waals surface area contributed by atoms with Gasteiger partial charge in [0.05, 0.1) is 37.5 Å². The smallest absolute Gasteiger partial charge is 0.323 e. The van der Waals surface area contributed by atoms with Gasteiger partial charge in [0.2, 0.25) is 0 Å². The molecule has 0 spiro atoms. The Hall–Kier alpha value is -4.03. The van der Waals surface area contributed by atoms with Crippen LogP contribution in [0.2, 0.25) is 0 Å². The van der Waals surface area contributed by atoms with Gasteiger partial charge in [0.25, 0.3) is 5.91 Å². The third kappa shape index (κ3) is 11.3. The molecule has 2 aliphatic rings. The molecular formula is C37H55N5O7. The first-order chi connectivity index (χ1) is 23.6. The number of amides is 5. The number of likely N-dealkylation sites (N-methyl/N-ethyl adjacent to an activating group) is 1. The van der Waals surface area contributed by atoms with Crippen molar-refractivity contribution in [2.24, 2.45) is 5.92 Å². The lowest BCUT2D eigenvalue weighted by molar-refractivity contribution is -0.0123. The molecule has 12 nitrogen and oxygen atoms in total. The number of carbonyl (C=O) groups excluding carboxylic acids is 3. The molecule has 1 heterocycles. The van der Waals surface area contributed by atoms with Crippen molar-refractivity contribution < 1.29 is 33.7 Å². The highest BCUT2D eigenvalue weighted by Gasteiger charge is 2.31. The van der Waals surface area contributed by atoms with Crippen molar-refractivity contribution in [2.45, 2.75) is 96.4 Å². The minimum absolute atomic E-state index is 0.116. The van der Waals surface area contributed by atoms with Crippen LogP contribution < -0.4 is 25.4 Å². The van der Waals surface area contributed by atoms with Crippen molar-refractivity contribution in [3.05, 3.63) is 48.0 Å². The lowest BCUT2D eigenvalue weighted by Gasteiger charge is -2.36. The number of nitrogens with zero attached hydrogens (tertiary/aromatic N) is 2. The van der Waals surface area contributed by atoms with Crippen LogP contribution in [-0.2, 0) is 4.74 Å². The Morgan fingerprint density at radius 1 is 1.00 bits per heavy atom. The molecule has 2 aromatic carbocycles. The van der Waals surface area contributed by atoms with Gasteiger partial charge in [-0.25, -0.2) is 9.59 Å². The number of hydrogen-bond acceptors (Lipinski definition) is 7. The highest BCUT2D eigenvalue weighted by atomic mass is 16.5. The fourth-order valence-electron chi connectivity index (χ4n) is 6.32. The van der Waals surface area contributed by atoms with Gasteiger partial charge in [-0.3, -0.25) is 4.79 Å². The molecule has 270 valence electrons. The Balaban J connectivity index is 1.55. The summed E-state index contributed by atoms with van der Waals surface area (Å²) in [7, 11) is 3.36. The van der Waals surface area contributed by atoms with Crippen LogP contribution in [0.1, 0.15) is 82.5 Å². The summed E-state index contributed by atoms with van der Waals surface area (Å²) in [5.41, 5.74) is 1.27. The second kappa shape index (κ2) is 18.7. The fourth-order valence-corrected chi connectivity index (χ4v) is 6.32. The number of anilines is 2. The van der Waals surface area contributed by atoms with Gasteiger partial charge in [-0.1, -0.05) is 26.2 Å². The number of carbonyl (C=O) groups is 3. The molecule has 0 unspecified atom stereocenters. The first-order valence-electron chi connectivity index (χ1n) is 17.7. The molecule has 5 amide bonds. The van der Waals surface area contributed by atoms with Crippen molar-refractivity contribution in [2.75, 3.05) is 51.1 Å². The third-order valence-electron chi connectivity index (χ3n) is 9.39. The summed E-state index contributed by atoms with van der Waals surface area (Å²) in [5, 5.41) is 19.0. The van der Waals surface area contributed by atoms with Crippen molar-refractivity contribution >= 4 is 29.3 Å². The van der Waals surface area contributed by atoms with E-state index in [4.69, 9.17) is 14.2 Å². The first-order valence-corrected chi connectivity index (χ1v) is 17.7. The maximum absolute atomic E-state index is 14.4. The molecule has 1 saturated carbocycles. The summed E-state index contributed by atoms with van der Waals surface area (Å²) >= 11 is 0. The Morgan fingerprint density at radius 2 is 1.67 bits per heavy atom. The van der Waals surface area contributed by atoms with E-state index in [9.17, 15) is 19.5 Å². The SMILES string of the molecule is COc1ccc(NC(=O)Nc2ccc3c(c2)C(=O)N([C@@H](C)CO)C[C@@H](C)[C@@H](CN(C)C(=O)NC2CCCCC2)OCCCC[C@H](C)O3)cc1. The second-order valence-electron chi connectivity index (χ2n) is 13.5. The van der Waals surface area contributed by atoms with Crippen molar-refractivity contribution in [1.29, 1.82) is 0 Å². The van der Waals surface area contributed by atoms with Gasteiger partial charge >= 0.3 is 12.1 Å². The monoisotopic (exact) mass is 681 g/mol. The van der Waals surface area contributed by atoms with Crippen LogP contribution in [0.3, 0.4) is 0 Å². The van der Waals surface area contributed by atoms with Gasteiger partial charge in [0.15, 0.2) is 0 Å². The quantitative estimate of drug-likeness (QED) is 0.264. The number of benzene rings is 2. The van der Waals surface area contributed by atoms with E-state index in [1.54, 1.807) is 73.3 Å². The van der Waals surface area contributed by atoms with Gasteiger partial charge in [-0.05, 0) is 88.4 Å². The zero-order valence-corrected chi connectivity index (χ0v) is 29.7. The number of fused-ring (bicyclic) bond motifs is 1. The summed E-state index contributed by atoms with van der Waals surface area (Å²) in [6.07, 6.45) is 7.39. The Labute approximate surface area is 290 Å². The van der Waals surface area contributed by atoms with Crippen molar-refractivity contribution in [3.8, 4) is 11.5 Å². The molecule has 0 radical (unpaired) electrons. The summed E-state index contributed by atoms with van der Waals surface area (Å²) in [4.78, 5) is 43.7. The average Bonchev–Trinajstić information content (AvgIpc) is 3.10. The number of urea groups is 2. The molecule has 4 atom stereocenters. The molecule has 4 rings (SSSR count). The van der Waals surface area contributed by atoms with Gasteiger partial charge in [0.1, 0.15) is 11.5 Å². The van der Waals surface area contributed by atoms with Crippen LogP contribution >= 0.6 is 0 Å². The minimum Gasteiger partial charge on any atom is -0.497 e. The highest BCUT2D eigenvalue weighted by molar-refractivity contribution is 6.02. The molecule has 49 heavy (non-hydrogen) atoms. The fraction of sp³-hybridized carbons (Fsp3) is 0.595. The van der Waals surface area contributed by atoms with Crippen molar-refractivity contribution in [1.82, 2.24) is 15.1 Å². The summed E-state index contributed by atoms with van der Waals surface area (Å²) in [5.74, 6) is 0.566. The number of methoxy groups -OCH3 is 1. The zero-order valence-electron chi connectivity index (χ0n) is 29.7. The Kier molecular flexibility index (Phi) is 14.4. The Morgan fingerprint density at radius 3 is 2.37 bits per heavy atom. The van der Waals surface area contributed by atoms with Crippen LogP contribution in [0.15, 0.2) is 42.5 Å². The average molecular weight is 682 g/mol. The van der Waals surface area contributed by atoms with E-state index in [0.29, 0.717) is 36.0 Å². The molecular weight excluding hydrogens is 626 g/mol. The molecule has 1 fully saturated rings. The van der Waals surface area contributed by atoms with E-state index in [0.717, 1.165) is 44.9 Å². The lowest BCUT2D eigenvalue weighted by atomic mass is 9.96. The highest BCUT2D eigenvalue weighted by Crippen LogP contribution is 2.29. The van der Waals surface area contributed by atoms with E-state index in [2.05, 4.69) is 16.0 Å². The van der Waals surface area contributed by atoms with Gasteiger partial charge in [-0.15, -0.1) is 0 Å². The van der Waals surface area contributed by atoms with Crippen LogP contribution in [0, 0.1) is 5.92 Å². The Bertz CT molecular complexity index is 1370. The molecule has 0 bridgehead atoms. The number of aliphatic hydroxyl groups excluding tert-OH is 1. The van der Waals surface area contributed by atoms with Gasteiger partial charge < -0.3 is 45.1 Å².